The first kappa shape index (κ1) is 27.4. The molecule has 11 heteroatoms. The van der Waals surface area contributed by atoms with Crippen LogP contribution in [-0.4, -0.2) is 73.3 Å². The highest BCUT2D eigenvalue weighted by atomic mass is 16.5. The molecule has 206 valence electrons. The highest BCUT2D eigenvalue weighted by Gasteiger charge is 2.46. The van der Waals surface area contributed by atoms with E-state index in [9.17, 15) is 14.7 Å². The molecule has 1 fully saturated rings. The van der Waals surface area contributed by atoms with Crippen molar-refractivity contribution in [3.05, 3.63) is 65.8 Å². The molecular weight excluding hydrogens is 506 g/mol. The van der Waals surface area contributed by atoms with Crippen LogP contribution in [0.1, 0.15) is 23.6 Å². The van der Waals surface area contributed by atoms with Gasteiger partial charge in [-0.15, -0.1) is 0 Å². The van der Waals surface area contributed by atoms with Gasteiger partial charge in [0.15, 0.2) is 23.0 Å². The van der Waals surface area contributed by atoms with E-state index in [1.807, 2.05) is 10.8 Å². The molecule has 2 aromatic carbocycles. The summed E-state index contributed by atoms with van der Waals surface area (Å²) in [7, 11) is 7.41. The van der Waals surface area contributed by atoms with Crippen molar-refractivity contribution in [2.45, 2.75) is 19.0 Å². The summed E-state index contributed by atoms with van der Waals surface area (Å²) in [6.07, 6.45) is 5.72. The molecule has 0 bridgehead atoms. The Balaban J connectivity index is 1.86. The maximum Gasteiger partial charge on any atom is 0.295 e. The standard InChI is InChI=1S/C28H31N3O8/c1-35-19-8-7-17(13-20(19)36-2)25(32)23-24(18-14-21(37-3)27(39-5)22(15-18)38-4)31(28(34)26(23)33)11-6-10-30-12-9-29-16-30/h7-9,12-16,24,32H,6,10-11H2,1-5H3/b25-23+. The molecule has 11 nitrogen and oxygen atoms in total. The Morgan fingerprint density at radius 1 is 0.872 bits per heavy atom. The first-order valence-corrected chi connectivity index (χ1v) is 12.1. The number of aromatic nitrogens is 2. The summed E-state index contributed by atoms with van der Waals surface area (Å²) >= 11 is 0. The predicted molar refractivity (Wildman–Crippen MR) is 141 cm³/mol. The molecule has 39 heavy (non-hydrogen) atoms. The fourth-order valence-electron chi connectivity index (χ4n) is 4.70. The van der Waals surface area contributed by atoms with Gasteiger partial charge in [-0.25, -0.2) is 4.98 Å². The number of amides is 1. The van der Waals surface area contributed by atoms with E-state index in [2.05, 4.69) is 4.98 Å². The Labute approximate surface area is 226 Å². The second-order valence-corrected chi connectivity index (χ2v) is 8.67. The Morgan fingerprint density at radius 2 is 1.54 bits per heavy atom. The van der Waals surface area contributed by atoms with Crippen LogP contribution in [0.5, 0.6) is 28.7 Å². The van der Waals surface area contributed by atoms with E-state index < -0.39 is 17.7 Å². The smallest absolute Gasteiger partial charge is 0.295 e. The zero-order valence-corrected chi connectivity index (χ0v) is 22.5. The lowest BCUT2D eigenvalue weighted by Gasteiger charge is -2.26. The number of likely N-dealkylation sites (tertiary alicyclic amines) is 1. The van der Waals surface area contributed by atoms with Crippen LogP contribution >= 0.6 is 0 Å². The third kappa shape index (κ3) is 5.20. The summed E-state index contributed by atoms with van der Waals surface area (Å²) < 4.78 is 29.0. The number of imidazole rings is 1. The van der Waals surface area contributed by atoms with Gasteiger partial charge in [0.05, 0.1) is 53.5 Å². The molecule has 3 aromatic rings. The van der Waals surface area contributed by atoms with Gasteiger partial charge in [-0.2, -0.15) is 0 Å². The lowest BCUT2D eigenvalue weighted by atomic mass is 9.94. The number of Topliss-reactive ketones (excluding diaryl/α,β-unsaturated/α-hetero) is 1. The van der Waals surface area contributed by atoms with Crippen molar-refractivity contribution in [1.82, 2.24) is 14.5 Å². The molecule has 1 aromatic heterocycles. The second kappa shape index (κ2) is 11.8. The van der Waals surface area contributed by atoms with Gasteiger partial charge in [-0.3, -0.25) is 9.59 Å². The number of ketones is 1. The van der Waals surface area contributed by atoms with Crippen molar-refractivity contribution in [2.75, 3.05) is 42.1 Å². The highest BCUT2D eigenvalue weighted by Crippen LogP contribution is 2.46. The molecule has 0 radical (unpaired) electrons. The maximum atomic E-state index is 13.4. The minimum Gasteiger partial charge on any atom is -0.507 e. The largest absolute Gasteiger partial charge is 0.507 e. The third-order valence-electron chi connectivity index (χ3n) is 6.57. The molecule has 0 aliphatic carbocycles. The summed E-state index contributed by atoms with van der Waals surface area (Å²) in [6, 6.07) is 7.17. The average Bonchev–Trinajstić information content (AvgIpc) is 3.57. The molecule has 1 aliphatic rings. The topological polar surface area (TPSA) is 122 Å². The van der Waals surface area contributed by atoms with E-state index >= 15 is 0 Å². The van der Waals surface area contributed by atoms with Gasteiger partial charge in [0.1, 0.15) is 5.76 Å². The van der Waals surface area contributed by atoms with Crippen LogP contribution in [0.3, 0.4) is 0 Å². The Kier molecular flexibility index (Phi) is 8.28. The monoisotopic (exact) mass is 537 g/mol. The van der Waals surface area contributed by atoms with Crippen LogP contribution in [0.4, 0.5) is 0 Å². The van der Waals surface area contributed by atoms with Crippen LogP contribution in [0.15, 0.2) is 54.6 Å². The number of benzene rings is 2. The number of carbonyl (C=O) groups excluding carboxylic acids is 2. The van der Waals surface area contributed by atoms with Crippen LogP contribution in [0.25, 0.3) is 5.76 Å². The van der Waals surface area contributed by atoms with Crippen LogP contribution in [0.2, 0.25) is 0 Å². The molecule has 1 saturated heterocycles. The zero-order valence-electron chi connectivity index (χ0n) is 22.5. The van der Waals surface area contributed by atoms with Gasteiger partial charge in [-0.05, 0) is 42.3 Å². The quantitative estimate of drug-likeness (QED) is 0.223. The lowest BCUT2D eigenvalue weighted by molar-refractivity contribution is -0.139. The van der Waals surface area contributed by atoms with Gasteiger partial charge in [0, 0.05) is 31.0 Å². The minimum absolute atomic E-state index is 0.0656. The Hall–Kier alpha value is -4.67. The van der Waals surface area contributed by atoms with Gasteiger partial charge < -0.3 is 38.3 Å². The number of ether oxygens (including phenoxy) is 5. The molecule has 2 heterocycles. The number of nitrogens with zero attached hydrogens (tertiary/aromatic N) is 3. The minimum atomic E-state index is -0.922. The fraction of sp³-hybridized carbons (Fsp3) is 0.321. The van der Waals surface area contributed by atoms with Crippen LogP contribution < -0.4 is 23.7 Å². The number of hydrogen-bond acceptors (Lipinski definition) is 9. The maximum absolute atomic E-state index is 13.4. The van der Waals surface area contributed by atoms with Crippen molar-refractivity contribution in [3.8, 4) is 28.7 Å². The molecule has 1 aliphatic heterocycles. The summed E-state index contributed by atoms with van der Waals surface area (Å²) in [5.74, 6) is 0.00973. The first-order chi connectivity index (χ1) is 18.9. The molecule has 1 unspecified atom stereocenters. The summed E-state index contributed by atoms with van der Waals surface area (Å²) in [5.41, 5.74) is 0.735. The normalized spacial score (nSPS) is 16.3. The van der Waals surface area contributed by atoms with Crippen molar-refractivity contribution in [2.24, 2.45) is 0 Å². The molecule has 0 saturated carbocycles. The molecule has 0 spiro atoms. The zero-order chi connectivity index (χ0) is 28.1. The fourth-order valence-corrected chi connectivity index (χ4v) is 4.70. The number of carbonyl (C=O) groups is 2. The van der Waals surface area contributed by atoms with Crippen molar-refractivity contribution < 1.29 is 38.4 Å². The molecule has 1 amide bonds. The highest BCUT2D eigenvalue weighted by molar-refractivity contribution is 6.46. The SMILES string of the molecule is COc1ccc(/C(O)=C2\C(=O)C(=O)N(CCCn3ccnc3)C2c2cc(OC)c(OC)c(OC)c2)cc1OC. The molecule has 4 rings (SSSR count). The van der Waals surface area contributed by atoms with Crippen LogP contribution in [0, 0.1) is 0 Å². The first-order valence-electron chi connectivity index (χ1n) is 12.1. The van der Waals surface area contributed by atoms with E-state index in [-0.39, 0.29) is 17.9 Å². The number of methoxy groups -OCH3 is 5. The third-order valence-corrected chi connectivity index (χ3v) is 6.57. The second-order valence-electron chi connectivity index (χ2n) is 8.67. The van der Waals surface area contributed by atoms with Crippen molar-refractivity contribution >= 4 is 17.4 Å². The summed E-state index contributed by atoms with van der Waals surface area (Å²) in [5, 5.41) is 11.5. The number of aryl methyl sites for hydroxylation is 1. The van der Waals surface area contributed by atoms with Crippen LogP contribution in [-0.2, 0) is 16.1 Å². The summed E-state index contributed by atoms with van der Waals surface area (Å²) in [6.45, 7) is 0.827. The van der Waals surface area contributed by atoms with Gasteiger partial charge in [0.2, 0.25) is 5.75 Å². The van der Waals surface area contributed by atoms with Crippen molar-refractivity contribution in [1.29, 1.82) is 0 Å². The van der Waals surface area contributed by atoms with Crippen molar-refractivity contribution in [3.63, 3.8) is 0 Å². The Morgan fingerprint density at radius 3 is 2.10 bits per heavy atom. The number of aliphatic hydroxyl groups is 1. The predicted octanol–water partition coefficient (Wildman–Crippen LogP) is 3.44. The van der Waals surface area contributed by atoms with E-state index in [1.165, 1.54) is 40.4 Å². The summed E-state index contributed by atoms with van der Waals surface area (Å²) in [4.78, 5) is 32.3. The van der Waals surface area contributed by atoms with Gasteiger partial charge in [-0.1, -0.05) is 0 Å². The number of aliphatic hydroxyl groups excluding tert-OH is 1. The molecule has 1 atom stereocenters. The van der Waals surface area contributed by atoms with E-state index in [0.29, 0.717) is 52.8 Å². The molecular formula is C28H31N3O8. The number of rotatable bonds is 11. The van der Waals surface area contributed by atoms with E-state index in [4.69, 9.17) is 23.7 Å². The molecule has 1 N–H and O–H groups in total. The van der Waals surface area contributed by atoms with E-state index in [1.54, 1.807) is 42.9 Å². The number of hydrogen-bond donors (Lipinski definition) is 1. The van der Waals surface area contributed by atoms with E-state index in [0.717, 1.165) is 0 Å². The van der Waals surface area contributed by atoms with Gasteiger partial charge in [0.25, 0.3) is 11.7 Å². The van der Waals surface area contributed by atoms with Gasteiger partial charge >= 0.3 is 0 Å². The average molecular weight is 538 g/mol. The Bertz CT molecular complexity index is 1360. The lowest BCUT2D eigenvalue weighted by Crippen LogP contribution is -2.31.